The lowest BCUT2D eigenvalue weighted by atomic mass is 9.97. The second-order valence-electron chi connectivity index (χ2n) is 8.31. The summed E-state index contributed by atoms with van der Waals surface area (Å²) >= 11 is 0. The van der Waals surface area contributed by atoms with Crippen molar-refractivity contribution in [1.29, 1.82) is 0 Å². The number of benzene rings is 3. The van der Waals surface area contributed by atoms with E-state index in [4.69, 9.17) is 0 Å². The molecule has 1 fully saturated rings. The number of fused-ring (bicyclic) bond motifs is 1. The molecule has 0 spiro atoms. The lowest BCUT2D eigenvalue weighted by Crippen LogP contribution is -2.46. The minimum atomic E-state index is -3.91. The van der Waals surface area contributed by atoms with Crippen molar-refractivity contribution in [2.45, 2.75) is 43.7 Å². The summed E-state index contributed by atoms with van der Waals surface area (Å²) in [5, 5.41) is 4.82. The van der Waals surface area contributed by atoms with Gasteiger partial charge in [-0.15, -0.1) is 0 Å². The summed E-state index contributed by atoms with van der Waals surface area (Å²) in [6.07, 6.45) is 1.70. The molecule has 1 aliphatic heterocycles. The predicted molar refractivity (Wildman–Crippen MR) is 128 cm³/mol. The molecule has 1 aliphatic rings. The minimum Gasteiger partial charge on any atom is -0.334 e. The molecule has 0 aliphatic carbocycles. The zero-order valence-corrected chi connectivity index (χ0v) is 19.4. The van der Waals surface area contributed by atoms with Gasteiger partial charge in [0.2, 0.25) is 21.8 Å². The van der Waals surface area contributed by atoms with Crippen LogP contribution >= 0.6 is 0 Å². The molecule has 1 saturated heterocycles. The number of hydrogen-bond donors (Lipinski definition) is 2. The van der Waals surface area contributed by atoms with Gasteiger partial charge in [-0.25, -0.2) is 8.42 Å². The summed E-state index contributed by atoms with van der Waals surface area (Å²) in [4.78, 5) is 26.3. The van der Waals surface area contributed by atoms with E-state index in [-0.39, 0.29) is 22.8 Å². The highest BCUT2D eigenvalue weighted by Gasteiger charge is 2.34. The van der Waals surface area contributed by atoms with Crippen LogP contribution in [0.4, 0.5) is 5.69 Å². The van der Waals surface area contributed by atoms with Gasteiger partial charge >= 0.3 is 0 Å². The molecule has 3 aromatic carbocycles. The molecule has 0 saturated carbocycles. The van der Waals surface area contributed by atoms with E-state index >= 15 is 0 Å². The van der Waals surface area contributed by atoms with Gasteiger partial charge in [-0.2, -0.15) is 4.72 Å². The summed E-state index contributed by atoms with van der Waals surface area (Å²) in [6, 6.07) is 19.0. The first kappa shape index (κ1) is 22.9. The Morgan fingerprint density at radius 2 is 1.70 bits per heavy atom. The summed E-state index contributed by atoms with van der Waals surface area (Å²) in [7, 11) is -3.91. The van der Waals surface area contributed by atoms with E-state index in [2.05, 4.69) is 16.1 Å². The Hall–Kier alpha value is -3.23. The Morgan fingerprint density at radius 1 is 1.00 bits per heavy atom. The van der Waals surface area contributed by atoms with Gasteiger partial charge in [0, 0.05) is 19.2 Å². The fraction of sp³-hybridized carbons (Fsp3) is 0.280. The molecule has 0 bridgehead atoms. The number of nitrogens with one attached hydrogen (secondary N) is 2. The highest BCUT2D eigenvalue weighted by Crippen LogP contribution is 2.36. The van der Waals surface area contributed by atoms with Crippen LogP contribution < -0.4 is 10.0 Å². The third-order valence-corrected chi connectivity index (χ3v) is 7.46. The van der Waals surface area contributed by atoms with E-state index in [0.717, 1.165) is 29.2 Å². The number of amides is 2. The van der Waals surface area contributed by atoms with Crippen molar-refractivity contribution in [3.8, 4) is 0 Å². The average molecular weight is 466 g/mol. The van der Waals surface area contributed by atoms with Crippen LogP contribution in [0, 0.1) is 0 Å². The standard InChI is InChI=1S/C25H27N3O4S/c1-17(27-33(31,32)21-14-12-20(13-15-21)26-18(2)29)25(30)28-16-6-11-24(28)23-10-5-8-19-7-3-4-9-22(19)23/h3-5,7-10,12-15,17,24,27H,6,11,16H2,1-2H3,(H,26,29)/t17-,24?/m0/s1. The topological polar surface area (TPSA) is 95.6 Å². The molecular formula is C25H27N3O4S. The molecule has 33 heavy (non-hydrogen) atoms. The molecule has 4 rings (SSSR count). The third-order valence-electron chi connectivity index (χ3n) is 5.91. The molecule has 8 heteroatoms. The molecule has 1 unspecified atom stereocenters. The lowest BCUT2D eigenvalue weighted by Gasteiger charge is -2.29. The van der Waals surface area contributed by atoms with Crippen LogP contribution in [0.3, 0.4) is 0 Å². The van der Waals surface area contributed by atoms with Crippen LogP contribution in [0.5, 0.6) is 0 Å². The van der Waals surface area contributed by atoms with E-state index in [1.54, 1.807) is 11.8 Å². The van der Waals surface area contributed by atoms with Gasteiger partial charge < -0.3 is 10.2 Å². The number of rotatable bonds is 6. The highest BCUT2D eigenvalue weighted by atomic mass is 32.2. The monoisotopic (exact) mass is 465 g/mol. The van der Waals surface area contributed by atoms with Crippen molar-refractivity contribution < 1.29 is 18.0 Å². The zero-order valence-electron chi connectivity index (χ0n) is 18.6. The normalized spacial score (nSPS) is 17.2. The Morgan fingerprint density at radius 3 is 2.42 bits per heavy atom. The van der Waals surface area contributed by atoms with E-state index in [0.29, 0.717) is 12.2 Å². The number of carbonyl (C=O) groups is 2. The molecule has 1 heterocycles. The number of hydrogen-bond acceptors (Lipinski definition) is 4. The van der Waals surface area contributed by atoms with Gasteiger partial charge in [0.25, 0.3) is 0 Å². The van der Waals surface area contributed by atoms with Crippen LogP contribution in [0.15, 0.2) is 71.6 Å². The second-order valence-corrected chi connectivity index (χ2v) is 10.0. The molecule has 7 nitrogen and oxygen atoms in total. The molecule has 3 aromatic rings. The summed E-state index contributed by atoms with van der Waals surface area (Å²) in [5.74, 6) is -0.488. The van der Waals surface area contributed by atoms with Gasteiger partial charge in [-0.05, 0) is 60.4 Å². The number of anilines is 1. The van der Waals surface area contributed by atoms with Crippen molar-refractivity contribution in [1.82, 2.24) is 9.62 Å². The van der Waals surface area contributed by atoms with Crippen LogP contribution in [0.1, 0.15) is 38.3 Å². The maximum absolute atomic E-state index is 13.3. The Kier molecular flexibility index (Phi) is 6.49. The Balaban J connectivity index is 1.51. The first-order chi connectivity index (χ1) is 15.8. The molecule has 0 aromatic heterocycles. The smallest absolute Gasteiger partial charge is 0.241 e. The maximum atomic E-state index is 13.3. The van der Waals surface area contributed by atoms with Gasteiger partial charge in [0.15, 0.2) is 0 Å². The van der Waals surface area contributed by atoms with E-state index in [1.807, 2.05) is 36.4 Å². The van der Waals surface area contributed by atoms with E-state index in [9.17, 15) is 18.0 Å². The average Bonchev–Trinajstić information content (AvgIpc) is 3.27. The molecule has 0 radical (unpaired) electrons. The van der Waals surface area contributed by atoms with Gasteiger partial charge in [-0.1, -0.05) is 42.5 Å². The fourth-order valence-corrected chi connectivity index (χ4v) is 5.61. The molecule has 2 atom stereocenters. The number of sulfonamides is 1. The fourth-order valence-electron chi connectivity index (χ4n) is 4.42. The molecule has 2 N–H and O–H groups in total. The van der Waals surface area contributed by atoms with Crippen molar-refractivity contribution in [2.24, 2.45) is 0 Å². The summed E-state index contributed by atoms with van der Waals surface area (Å²) < 4.78 is 28.2. The molecule has 2 amide bonds. The highest BCUT2D eigenvalue weighted by molar-refractivity contribution is 7.89. The van der Waals surface area contributed by atoms with Crippen molar-refractivity contribution in [3.05, 3.63) is 72.3 Å². The van der Waals surface area contributed by atoms with Gasteiger partial charge in [0.05, 0.1) is 17.0 Å². The van der Waals surface area contributed by atoms with Crippen molar-refractivity contribution in [3.63, 3.8) is 0 Å². The summed E-state index contributed by atoms with van der Waals surface area (Å²) in [5.41, 5.74) is 1.59. The Bertz CT molecular complexity index is 1280. The molecule has 172 valence electrons. The SMILES string of the molecule is CC(=O)Nc1ccc(S(=O)(=O)N[C@@H](C)C(=O)N2CCCC2c2cccc3ccccc23)cc1. The molecular weight excluding hydrogens is 438 g/mol. The quantitative estimate of drug-likeness (QED) is 0.578. The maximum Gasteiger partial charge on any atom is 0.241 e. The van der Waals surface area contributed by atoms with Crippen LogP contribution in [0.2, 0.25) is 0 Å². The number of nitrogens with zero attached hydrogens (tertiary/aromatic N) is 1. The van der Waals surface area contributed by atoms with Crippen molar-refractivity contribution >= 4 is 38.3 Å². The number of likely N-dealkylation sites (tertiary alicyclic amines) is 1. The minimum absolute atomic E-state index is 0.0308. The van der Waals surface area contributed by atoms with E-state index in [1.165, 1.54) is 31.2 Å². The first-order valence-corrected chi connectivity index (χ1v) is 12.4. The first-order valence-electron chi connectivity index (χ1n) is 10.9. The lowest BCUT2D eigenvalue weighted by molar-refractivity contribution is -0.133. The Labute approximate surface area is 193 Å². The van der Waals surface area contributed by atoms with Crippen molar-refractivity contribution in [2.75, 3.05) is 11.9 Å². The third kappa shape index (κ3) is 4.91. The second kappa shape index (κ2) is 9.33. The largest absolute Gasteiger partial charge is 0.334 e. The number of carbonyl (C=O) groups excluding carboxylic acids is 2. The van der Waals surface area contributed by atoms with Crippen LogP contribution in [-0.2, 0) is 19.6 Å². The van der Waals surface area contributed by atoms with Gasteiger partial charge in [0.1, 0.15) is 0 Å². The predicted octanol–water partition coefficient (Wildman–Crippen LogP) is 3.83. The summed E-state index contributed by atoms with van der Waals surface area (Å²) in [6.45, 7) is 3.54. The zero-order chi connectivity index (χ0) is 23.6. The van der Waals surface area contributed by atoms with Crippen LogP contribution in [-0.4, -0.2) is 37.7 Å². The van der Waals surface area contributed by atoms with Crippen LogP contribution in [0.25, 0.3) is 10.8 Å². The van der Waals surface area contributed by atoms with Gasteiger partial charge in [-0.3, -0.25) is 9.59 Å². The van der Waals surface area contributed by atoms with E-state index < -0.39 is 16.1 Å².